The molecule has 0 aromatic carbocycles. The van der Waals surface area contributed by atoms with Crippen LogP contribution in [0, 0.1) is 5.92 Å². The smallest absolute Gasteiger partial charge is 0.306 e. The fourth-order valence-electron chi connectivity index (χ4n) is 2.73. The Bertz CT molecular complexity index is 727. The lowest BCUT2D eigenvalue weighted by molar-refractivity contribution is -0.142. The van der Waals surface area contributed by atoms with Crippen LogP contribution >= 0.6 is 0 Å². The Morgan fingerprint density at radius 1 is 1.33 bits per heavy atom. The third-order valence-corrected chi connectivity index (χ3v) is 4.26. The average molecular weight is 330 g/mol. The molecule has 128 valence electrons. The van der Waals surface area contributed by atoms with Gasteiger partial charge in [-0.1, -0.05) is 25.9 Å². The number of pyridine rings is 1. The number of piperidine rings is 1. The number of aliphatic carboxylic acids is 1. The summed E-state index contributed by atoms with van der Waals surface area (Å²) in [7, 11) is 0. The standard InChI is InChI=1S/C17H22N4O3/c1-17(2,3)16-19-14(24-20-16)12-4-7-18-13(10-12)21-8-5-11(6-9-21)15(22)23/h4,7,10-11H,5-6,8-9H2,1-3H3,(H,22,23). The Balaban J connectivity index is 1.78. The molecule has 0 spiro atoms. The molecule has 24 heavy (non-hydrogen) atoms. The summed E-state index contributed by atoms with van der Waals surface area (Å²) in [4.78, 5) is 22.0. The zero-order valence-electron chi connectivity index (χ0n) is 14.2. The largest absolute Gasteiger partial charge is 0.481 e. The van der Waals surface area contributed by atoms with Gasteiger partial charge in [0.2, 0.25) is 0 Å². The van der Waals surface area contributed by atoms with Crippen LogP contribution in [-0.4, -0.2) is 39.3 Å². The van der Waals surface area contributed by atoms with Crippen molar-refractivity contribution < 1.29 is 14.4 Å². The van der Waals surface area contributed by atoms with E-state index in [0.717, 1.165) is 11.4 Å². The zero-order chi connectivity index (χ0) is 17.3. The van der Waals surface area contributed by atoms with Gasteiger partial charge in [-0.25, -0.2) is 4.98 Å². The maximum atomic E-state index is 11.1. The summed E-state index contributed by atoms with van der Waals surface area (Å²) >= 11 is 0. The predicted octanol–water partition coefficient (Wildman–Crippen LogP) is 2.73. The van der Waals surface area contributed by atoms with Gasteiger partial charge in [-0.05, 0) is 25.0 Å². The van der Waals surface area contributed by atoms with Crippen molar-refractivity contribution >= 4 is 11.8 Å². The fourth-order valence-corrected chi connectivity index (χ4v) is 2.73. The third-order valence-electron chi connectivity index (χ3n) is 4.26. The molecule has 1 saturated heterocycles. The second-order valence-corrected chi connectivity index (χ2v) is 7.18. The second kappa shape index (κ2) is 6.22. The molecule has 0 saturated carbocycles. The zero-order valence-corrected chi connectivity index (χ0v) is 14.2. The molecule has 7 nitrogen and oxygen atoms in total. The minimum atomic E-state index is -0.711. The molecule has 1 aliphatic rings. The highest BCUT2D eigenvalue weighted by atomic mass is 16.5. The fraction of sp³-hybridized carbons (Fsp3) is 0.529. The number of hydrogen-bond acceptors (Lipinski definition) is 6. The van der Waals surface area contributed by atoms with Crippen LogP contribution in [0.25, 0.3) is 11.5 Å². The van der Waals surface area contributed by atoms with E-state index in [1.54, 1.807) is 6.20 Å². The Hall–Kier alpha value is -2.44. The minimum Gasteiger partial charge on any atom is -0.481 e. The topological polar surface area (TPSA) is 92.4 Å². The van der Waals surface area contributed by atoms with Gasteiger partial charge in [-0.15, -0.1) is 0 Å². The first kappa shape index (κ1) is 16.4. The molecule has 3 heterocycles. The Kier molecular flexibility index (Phi) is 4.26. The van der Waals surface area contributed by atoms with Crippen molar-refractivity contribution in [1.82, 2.24) is 15.1 Å². The van der Waals surface area contributed by atoms with E-state index in [-0.39, 0.29) is 11.3 Å². The van der Waals surface area contributed by atoms with E-state index in [1.807, 2.05) is 32.9 Å². The lowest BCUT2D eigenvalue weighted by atomic mass is 9.96. The van der Waals surface area contributed by atoms with Crippen molar-refractivity contribution in [2.75, 3.05) is 18.0 Å². The first-order valence-electron chi connectivity index (χ1n) is 8.13. The van der Waals surface area contributed by atoms with Crippen LogP contribution < -0.4 is 4.90 Å². The molecule has 0 unspecified atom stereocenters. The van der Waals surface area contributed by atoms with E-state index < -0.39 is 5.97 Å². The summed E-state index contributed by atoms with van der Waals surface area (Å²) in [5.74, 6) is 0.987. The highest BCUT2D eigenvalue weighted by Crippen LogP contribution is 2.27. The molecule has 0 atom stereocenters. The number of anilines is 1. The molecule has 1 aliphatic heterocycles. The van der Waals surface area contributed by atoms with Crippen molar-refractivity contribution in [3.8, 4) is 11.5 Å². The lowest BCUT2D eigenvalue weighted by Crippen LogP contribution is -2.36. The Morgan fingerprint density at radius 3 is 2.62 bits per heavy atom. The highest BCUT2D eigenvalue weighted by molar-refractivity contribution is 5.70. The quantitative estimate of drug-likeness (QED) is 0.925. The number of aromatic nitrogens is 3. The Morgan fingerprint density at radius 2 is 2.04 bits per heavy atom. The first-order chi connectivity index (χ1) is 11.3. The van der Waals surface area contributed by atoms with Crippen LogP contribution in [0.2, 0.25) is 0 Å². The SMILES string of the molecule is CC(C)(C)c1noc(-c2ccnc(N3CCC(C(=O)O)CC3)c2)n1. The van der Waals surface area contributed by atoms with Gasteiger partial charge >= 0.3 is 5.97 Å². The molecule has 1 N–H and O–H groups in total. The summed E-state index contributed by atoms with van der Waals surface area (Å²) in [5, 5.41) is 13.1. The number of carboxylic acids is 1. The summed E-state index contributed by atoms with van der Waals surface area (Å²) in [5.41, 5.74) is 0.652. The van der Waals surface area contributed by atoms with Gasteiger partial charge in [0.15, 0.2) is 5.82 Å². The molecule has 2 aromatic heterocycles. The summed E-state index contributed by atoms with van der Waals surface area (Å²) in [6.45, 7) is 7.47. The van der Waals surface area contributed by atoms with Crippen molar-refractivity contribution in [2.45, 2.75) is 39.0 Å². The van der Waals surface area contributed by atoms with Crippen LogP contribution in [0.4, 0.5) is 5.82 Å². The van der Waals surface area contributed by atoms with E-state index in [2.05, 4.69) is 20.0 Å². The predicted molar refractivity (Wildman–Crippen MR) is 88.8 cm³/mol. The normalized spacial score (nSPS) is 16.4. The number of rotatable bonds is 3. The van der Waals surface area contributed by atoms with E-state index >= 15 is 0 Å². The van der Waals surface area contributed by atoms with Crippen molar-refractivity contribution in [2.24, 2.45) is 5.92 Å². The molecular weight excluding hydrogens is 308 g/mol. The van der Waals surface area contributed by atoms with Crippen molar-refractivity contribution in [1.29, 1.82) is 0 Å². The van der Waals surface area contributed by atoms with Crippen LogP contribution in [0.3, 0.4) is 0 Å². The molecule has 3 rings (SSSR count). The number of hydrogen-bond donors (Lipinski definition) is 1. The van der Waals surface area contributed by atoms with Crippen LogP contribution in [0.5, 0.6) is 0 Å². The molecule has 0 amide bonds. The van der Waals surface area contributed by atoms with Crippen molar-refractivity contribution in [3.63, 3.8) is 0 Å². The van der Waals surface area contributed by atoms with E-state index in [0.29, 0.717) is 37.6 Å². The van der Waals surface area contributed by atoms with Gasteiger partial charge in [-0.2, -0.15) is 4.98 Å². The van der Waals surface area contributed by atoms with Gasteiger partial charge < -0.3 is 14.5 Å². The van der Waals surface area contributed by atoms with Gasteiger partial charge in [-0.3, -0.25) is 4.79 Å². The molecule has 0 aliphatic carbocycles. The Labute approximate surface area is 140 Å². The molecule has 0 radical (unpaired) electrons. The maximum absolute atomic E-state index is 11.1. The van der Waals surface area contributed by atoms with Gasteiger partial charge in [0, 0.05) is 30.3 Å². The number of carboxylic acid groups (broad SMARTS) is 1. The van der Waals surface area contributed by atoms with Crippen LogP contribution in [0.1, 0.15) is 39.4 Å². The summed E-state index contributed by atoms with van der Waals surface area (Å²) in [6.07, 6.45) is 2.99. The molecule has 0 bridgehead atoms. The average Bonchev–Trinajstić information content (AvgIpc) is 3.05. The van der Waals surface area contributed by atoms with Crippen LogP contribution in [-0.2, 0) is 10.2 Å². The number of nitrogens with zero attached hydrogens (tertiary/aromatic N) is 4. The van der Waals surface area contributed by atoms with E-state index in [9.17, 15) is 4.79 Å². The maximum Gasteiger partial charge on any atom is 0.306 e. The number of carbonyl (C=O) groups is 1. The van der Waals surface area contributed by atoms with Gasteiger partial charge in [0.25, 0.3) is 5.89 Å². The van der Waals surface area contributed by atoms with E-state index in [1.165, 1.54) is 0 Å². The monoisotopic (exact) mass is 330 g/mol. The van der Waals surface area contributed by atoms with E-state index in [4.69, 9.17) is 9.63 Å². The van der Waals surface area contributed by atoms with Gasteiger partial charge in [0.05, 0.1) is 5.92 Å². The summed E-state index contributed by atoms with van der Waals surface area (Å²) < 4.78 is 5.38. The highest BCUT2D eigenvalue weighted by Gasteiger charge is 2.26. The molecule has 1 fully saturated rings. The summed E-state index contributed by atoms with van der Waals surface area (Å²) in [6, 6.07) is 3.76. The van der Waals surface area contributed by atoms with Crippen molar-refractivity contribution in [3.05, 3.63) is 24.2 Å². The first-order valence-corrected chi connectivity index (χ1v) is 8.13. The lowest BCUT2D eigenvalue weighted by Gasteiger charge is -2.31. The van der Waals surface area contributed by atoms with Crippen LogP contribution in [0.15, 0.2) is 22.9 Å². The third kappa shape index (κ3) is 3.39. The molecule has 7 heteroatoms. The molecular formula is C17H22N4O3. The minimum absolute atomic E-state index is 0.170. The van der Waals surface area contributed by atoms with Gasteiger partial charge in [0.1, 0.15) is 5.82 Å². The second-order valence-electron chi connectivity index (χ2n) is 7.18. The molecule has 2 aromatic rings.